The van der Waals surface area contributed by atoms with E-state index in [0.29, 0.717) is 5.92 Å². The fourth-order valence-corrected chi connectivity index (χ4v) is 2.12. The average molecular weight is 202 g/mol. The van der Waals surface area contributed by atoms with Crippen LogP contribution < -0.4 is 5.32 Å². The van der Waals surface area contributed by atoms with Gasteiger partial charge in [0.15, 0.2) is 0 Å². The lowest BCUT2D eigenvalue weighted by molar-refractivity contribution is 0.629. The second-order valence-electron chi connectivity index (χ2n) is 4.03. The van der Waals surface area contributed by atoms with Crippen LogP contribution in [0.2, 0.25) is 0 Å². The molecule has 1 N–H and O–H groups in total. The molecule has 76 valence electrons. The van der Waals surface area contributed by atoms with E-state index < -0.39 is 0 Å². The largest absolute Gasteiger partial charge is 0.384 e. The number of halogens is 1. The Morgan fingerprint density at radius 1 is 1.47 bits per heavy atom. The lowest BCUT2D eigenvalue weighted by Crippen LogP contribution is -1.96. The minimum Gasteiger partial charge on any atom is -0.384 e. The molecule has 1 aromatic carbocycles. The lowest BCUT2D eigenvalue weighted by atomic mass is 10.0. The molecule has 1 aromatic heterocycles. The molecule has 15 heavy (non-hydrogen) atoms. The van der Waals surface area contributed by atoms with Crippen LogP contribution in [0.3, 0.4) is 0 Å². The molecule has 1 aliphatic heterocycles. The van der Waals surface area contributed by atoms with Crippen molar-refractivity contribution in [2.45, 2.75) is 12.8 Å². The van der Waals surface area contributed by atoms with Crippen LogP contribution >= 0.6 is 0 Å². The van der Waals surface area contributed by atoms with Crippen molar-refractivity contribution in [3.8, 4) is 0 Å². The minimum atomic E-state index is -0.235. The van der Waals surface area contributed by atoms with E-state index in [-0.39, 0.29) is 5.82 Å². The van der Waals surface area contributed by atoms with Gasteiger partial charge in [0.25, 0.3) is 0 Å². The summed E-state index contributed by atoms with van der Waals surface area (Å²) in [5.74, 6) is 0.253. The van der Waals surface area contributed by atoms with Crippen molar-refractivity contribution in [1.29, 1.82) is 0 Å². The van der Waals surface area contributed by atoms with Crippen molar-refractivity contribution >= 4 is 16.6 Å². The molecule has 0 spiro atoms. The molecule has 1 aliphatic rings. The SMILES string of the molecule is CC1CNc2c1cnc1cc(F)ccc21. The number of hydrogen-bond acceptors (Lipinski definition) is 2. The van der Waals surface area contributed by atoms with E-state index >= 15 is 0 Å². The Morgan fingerprint density at radius 2 is 2.33 bits per heavy atom. The number of aromatic nitrogens is 1. The maximum Gasteiger partial charge on any atom is 0.125 e. The molecule has 0 bridgehead atoms. The van der Waals surface area contributed by atoms with Gasteiger partial charge in [-0.2, -0.15) is 0 Å². The Balaban J connectivity index is 2.35. The van der Waals surface area contributed by atoms with E-state index in [2.05, 4.69) is 17.2 Å². The maximum atomic E-state index is 13.0. The molecule has 3 heteroatoms. The second kappa shape index (κ2) is 2.92. The Bertz CT molecular complexity index is 536. The summed E-state index contributed by atoms with van der Waals surface area (Å²) in [7, 11) is 0. The molecule has 2 nitrogen and oxygen atoms in total. The predicted molar refractivity (Wildman–Crippen MR) is 58.6 cm³/mol. The van der Waals surface area contributed by atoms with Gasteiger partial charge in [0.05, 0.1) is 5.52 Å². The highest BCUT2D eigenvalue weighted by molar-refractivity contribution is 5.94. The molecule has 0 amide bonds. The van der Waals surface area contributed by atoms with Gasteiger partial charge in [0.2, 0.25) is 0 Å². The summed E-state index contributed by atoms with van der Waals surface area (Å²) in [6.45, 7) is 3.10. The normalized spacial score (nSPS) is 18.9. The highest BCUT2D eigenvalue weighted by Gasteiger charge is 2.20. The van der Waals surface area contributed by atoms with Crippen molar-refractivity contribution in [1.82, 2.24) is 4.98 Å². The van der Waals surface area contributed by atoms with Gasteiger partial charge in [-0.05, 0) is 17.7 Å². The number of nitrogens with zero attached hydrogens (tertiary/aromatic N) is 1. The quantitative estimate of drug-likeness (QED) is 0.710. The van der Waals surface area contributed by atoms with Crippen LogP contribution in [0.15, 0.2) is 24.4 Å². The second-order valence-corrected chi connectivity index (χ2v) is 4.03. The summed E-state index contributed by atoms with van der Waals surface area (Å²) in [4.78, 5) is 4.28. The van der Waals surface area contributed by atoms with Crippen LogP contribution in [0.25, 0.3) is 10.9 Å². The van der Waals surface area contributed by atoms with Crippen LogP contribution in [-0.2, 0) is 0 Å². The third-order valence-corrected chi connectivity index (χ3v) is 2.98. The van der Waals surface area contributed by atoms with Crippen molar-refractivity contribution in [2.75, 3.05) is 11.9 Å². The summed E-state index contributed by atoms with van der Waals surface area (Å²) < 4.78 is 13.0. The Hall–Kier alpha value is -1.64. The van der Waals surface area contributed by atoms with E-state index in [1.54, 1.807) is 6.07 Å². The fourth-order valence-electron chi connectivity index (χ4n) is 2.12. The zero-order valence-corrected chi connectivity index (χ0v) is 8.42. The Kier molecular flexibility index (Phi) is 1.69. The molecule has 0 radical (unpaired) electrons. The van der Waals surface area contributed by atoms with Gasteiger partial charge in [-0.3, -0.25) is 4.98 Å². The minimum absolute atomic E-state index is 0.235. The Morgan fingerprint density at radius 3 is 3.20 bits per heavy atom. The Labute approximate surface area is 87.1 Å². The first-order chi connectivity index (χ1) is 7.25. The van der Waals surface area contributed by atoms with E-state index in [1.807, 2.05) is 6.20 Å². The molecule has 3 rings (SSSR count). The number of hydrogen-bond donors (Lipinski definition) is 1. The zero-order valence-electron chi connectivity index (χ0n) is 8.42. The first-order valence-electron chi connectivity index (χ1n) is 5.08. The highest BCUT2D eigenvalue weighted by Crippen LogP contribution is 2.35. The average Bonchev–Trinajstić information content (AvgIpc) is 2.60. The summed E-state index contributed by atoms with van der Waals surface area (Å²) in [5.41, 5.74) is 3.07. The molecule has 0 aliphatic carbocycles. The van der Waals surface area contributed by atoms with Crippen LogP contribution in [0.4, 0.5) is 10.1 Å². The van der Waals surface area contributed by atoms with Crippen molar-refractivity contribution in [2.24, 2.45) is 0 Å². The number of fused-ring (bicyclic) bond motifs is 3. The molecule has 2 aromatic rings. The first-order valence-corrected chi connectivity index (χ1v) is 5.08. The fraction of sp³-hybridized carbons (Fsp3) is 0.250. The molecule has 2 heterocycles. The molecule has 0 saturated carbocycles. The van der Waals surface area contributed by atoms with E-state index in [0.717, 1.165) is 23.1 Å². The highest BCUT2D eigenvalue weighted by atomic mass is 19.1. The number of benzene rings is 1. The first kappa shape index (κ1) is 8.65. The number of rotatable bonds is 0. The summed E-state index contributed by atoms with van der Waals surface area (Å²) >= 11 is 0. The molecule has 1 unspecified atom stereocenters. The third kappa shape index (κ3) is 1.19. The van der Waals surface area contributed by atoms with Crippen LogP contribution in [0.1, 0.15) is 18.4 Å². The van der Waals surface area contributed by atoms with Crippen LogP contribution in [0.5, 0.6) is 0 Å². The number of nitrogens with one attached hydrogen (secondary N) is 1. The molecular weight excluding hydrogens is 191 g/mol. The monoisotopic (exact) mass is 202 g/mol. The number of pyridine rings is 1. The van der Waals surface area contributed by atoms with Crippen molar-refractivity contribution < 1.29 is 4.39 Å². The van der Waals surface area contributed by atoms with Gasteiger partial charge in [-0.15, -0.1) is 0 Å². The van der Waals surface area contributed by atoms with Gasteiger partial charge in [0.1, 0.15) is 5.82 Å². The topological polar surface area (TPSA) is 24.9 Å². The smallest absolute Gasteiger partial charge is 0.125 e. The summed E-state index contributed by atoms with van der Waals surface area (Å²) in [6.07, 6.45) is 1.85. The van der Waals surface area contributed by atoms with Gasteiger partial charge < -0.3 is 5.32 Å². The van der Waals surface area contributed by atoms with Gasteiger partial charge in [-0.1, -0.05) is 6.92 Å². The molecule has 1 atom stereocenters. The van der Waals surface area contributed by atoms with Crippen LogP contribution in [0, 0.1) is 5.82 Å². The van der Waals surface area contributed by atoms with Gasteiger partial charge in [-0.25, -0.2) is 4.39 Å². The molecule has 0 saturated heterocycles. The lowest BCUT2D eigenvalue weighted by Gasteiger charge is -2.05. The van der Waals surface area contributed by atoms with Crippen molar-refractivity contribution in [3.05, 3.63) is 35.8 Å². The summed E-state index contributed by atoms with van der Waals surface area (Å²) in [5, 5.41) is 4.36. The predicted octanol–water partition coefficient (Wildman–Crippen LogP) is 2.90. The van der Waals surface area contributed by atoms with E-state index in [1.165, 1.54) is 17.7 Å². The molecular formula is C12H11FN2. The van der Waals surface area contributed by atoms with Crippen molar-refractivity contribution in [3.63, 3.8) is 0 Å². The third-order valence-electron chi connectivity index (χ3n) is 2.98. The standard InChI is InChI=1S/C12H11FN2/c1-7-5-15-12-9-3-2-8(13)4-11(9)14-6-10(7)12/h2-4,6-7,15H,5H2,1H3. The van der Waals surface area contributed by atoms with Gasteiger partial charge >= 0.3 is 0 Å². The number of anilines is 1. The van der Waals surface area contributed by atoms with E-state index in [4.69, 9.17) is 0 Å². The summed E-state index contributed by atoms with van der Waals surface area (Å²) in [6, 6.07) is 4.75. The molecule has 0 fully saturated rings. The van der Waals surface area contributed by atoms with Crippen LogP contribution in [-0.4, -0.2) is 11.5 Å². The maximum absolute atomic E-state index is 13.0. The van der Waals surface area contributed by atoms with Gasteiger partial charge in [0, 0.05) is 35.8 Å². The van der Waals surface area contributed by atoms with E-state index in [9.17, 15) is 4.39 Å². The zero-order chi connectivity index (χ0) is 10.4.